The number of aliphatic carboxylic acids is 1. The quantitative estimate of drug-likeness (QED) is 0.866. The number of carboxylic acids is 1. The number of nitrogens with zero attached hydrogens (tertiary/aromatic N) is 2. The zero-order chi connectivity index (χ0) is 12.5. The Morgan fingerprint density at radius 1 is 1.53 bits per heavy atom. The number of carboxylic acid groups (broad SMARTS) is 1. The zero-order valence-electron chi connectivity index (χ0n) is 9.53. The molecular formula is C11H14ClN3O2. The molecule has 0 bridgehead atoms. The molecule has 1 fully saturated rings. The van der Waals surface area contributed by atoms with Gasteiger partial charge in [-0.2, -0.15) is 0 Å². The van der Waals surface area contributed by atoms with Gasteiger partial charge in [0.25, 0.3) is 0 Å². The van der Waals surface area contributed by atoms with Gasteiger partial charge < -0.3 is 10.4 Å². The lowest BCUT2D eigenvalue weighted by atomic mass is 9.98. The monoisotopic (exact) mass is 255 g/mol. The van der Waals surface area contributed by atoms with Gasteiger partial charge in [-0.1, -0.05) is 24.4 Å². The van der Waals surface area contributed by atoms with E-state index in [0.717, 1.165) is 12.8 Å². The highest BCUT2D eigenvalue weighted by molar-refractivity contribution is 6.32. The highest BCUT2D eigenvalue weighted by atomic mass is 35.5. The van der Waals surface area contributed by atoms with Crippen LogP contribution in [0.3, 0.4) is 0 Å². The molecule has 6 heteroatoms. The molecule has 0 saturated heterocycles. The van der Waals surface area contributed by atoms with E-state index in [1.165, 1.54) is 6.20 Å². The van der Waals surface area contributed by atoms with Crippen molar-refractivity contribution in [2.75, 3.05) is 5.32 Å². The molecule has 0 aliphatic heterocycles. The third kappa shape index (κ3) is 2.34. The molecule has 5 nitrogen and oxygen atoms in total. The molecule has 1 aromatic heterocycles. The lowest BCUT2D eigenvalue weighted by molar-refractivity contribution is -0.142. The lowest BCUT2D eigenvalue weighted by Crippen LogP contribution is -2.44. The SMILES string of the molecule is Cc1ncc(Cl)c(NC2(C(=O)O)CCCC2)n1. The highest BCUT2D eigenvalue weighted by Gasteiger charge is 2.41. The summed E-state index contributed by atoms with van der Waals surface area (Å²) in [6.07, 6.45) is 4.49. The van der Waals surface area contributed by atoms with E-state index < -0.39 is 11.5 Å². The summed E-state index contributed by atoms with van der Waals surface area (Å²) >= 11 is 5.96. The summed E-state index contributed by atoms with van der Waals surface area (Å²) in [5.74, 6) is 0.126. The van der Waals surface area contributed by atoms with Crippen LogP contribution in [0.25, 0.3) is 0 Å². The number of hydrogen-bond donors (Lipinski definition) is 2. The first-order valence-electron chi connectivity index (χ1n) is 5.54. The first-order valence-corrected chi connectivity index (χ1v) is 5.92. The molecule has 0 spiro atoms. The smallest absolute Gasteiger partial charge is 0.329 e. The molecule has 92 valence electrons. The van der Waals surface area contributed by atoms with Crippen LogP contribution in [0.2, 0.25) is 5.02 Å². The van der Waals surface area contributed by atoms with Crippen molar-refractivity contribution in [2.45, 2.75) is 38.1 Å². The van der Waals surface area contributed by atoms with Gasteiger partial charge in [0.05, 0.1) is 6.20 Å². The topological polar surface area (TPSA) is 75.1 Å². The minimum absolute atomic E-state index is 0.350. The first-order chi connectivity index (χ1) is 8.03. The second kappa shape index (κ2) is 4.49. The van der Waals surface area contributed by atoms with Gasteiger partial charge in [0.1, 0.15) is 22.2 Å². The minimum Gasteiger partial charge on any atom is -0.480 e. The van der Waals surface area contributed by atoms with Gasteiger partial charge in [0.2, 0.25) is 0 Å². The van der Waals surface area contributed by atoms with E-state index in [1.54, 1.807) is 6.92 Å². The Hall–Kier alpha value is -1.36. The van der Waals surface area contributed by atoms with Crippen LogP contribution in [0.15, 0.2) is 6.20 Å². The average molecular weight is 256 g/mol. The van der Waals surface area contributed by atoms with Gasteiger partial charge in [-0.25, -0.2) is 14.8 Å². The lowest BCUT2D eigenvalue weighted by Gasteiger charge is -2.26. The van der Waals surface area contributed by atoms with Crippen molar-refractivity contribution in [1.29, 1.82) is 0 Å². The van der Waals surface area contributed by atoms with Crippen molar-refractivity contribution in [1.82, 2.24) is 9.97 Å². The average Bonchev–Trinajstić information content (AvgIpc) is 2.73. The molecule has 1 aliphatic rings. The molecule has 1 saturated carbocycles. The Balaban J connectivity index is 2.29. The molecule has 2 rings (SSSR count). The number of hydrogen-bond acceptors (Lipinski definition) is 4. The van der Waals surface area contributed by atoms with Crippen molar-refractivity contribution in [3.8, 4) is 0 Å². The molecule has 17 heavy (non-hydrogen) atoms. The van der Waals surface area contributed by atoms with Crippen LogP contribution in [-0.2, 0) is 4.79 Å². The van der Waals surface area contributed by atoms with Crippen LogP contribution in [0.5, 0.6) is 0 Å². The van der Waals surface area contributed by atoms with E-state index in [4.69, 9.17) is 11.6 Å². The standard InChI is InChI=1S/C11H14ClN3O2/c1-7-13-6-8(12)9(14-7)15-11(10(16)17)4-2-3-5-11/h6H,2-5H2,1H3,(H,16,17)(H,13,14,15). The number of aromatic nitrogens is 2. The summed E-state index contributed by atoms with van der Waals surface area (Å²) in [4.78, 5) is 19.5. The largest absolute Gasteiger partial charge is 0.480 e. The zero-order valence-corrected chi connectivity index (χ0v) is 10.3. The van der Waals surface area contributed by atoms with Gasteiger partial charge in [0, 0.05) is 0 Å². The molecule has 0 aromatic carbocycles. The fraction of sp³-hybridized carbons (Fsp3) is 0.545. The maximum absolute atomic E-state index is 11.4. The van der Waals surface area contributed by atoms with Crippen LogP contribution in [0.4, 0.5) is 5.82 Å². The number of rotatable bonds is 3. The summed E-state index contributed by atoms with van der Waals surface area (Å²) in [6, 6.07) is 0. The van der Waals surface area contributed by atoms with Gasteiger partial charge in [-0.05, 0) is 19.8 Å². The van der Waals surface area contributed by atoms with Gasteiger partial charge in [-0.3, -0.25) is 0 Å². The summed E-state index contributed by atoms with van der Waals surface area (Å²) in [5, 5.41) is 12.7. The van der Waals surface area contributed by atoms with E-state index in [2.05, 4.69) is 15.3 Å². The Labute approximate surface area is 104 Å². The number of carbonyl (C=O) groups is 1. The summed E-state index contributed by atoms with van der Waals surface area (Å²) in [5.41, 5.74) is -0.926. The molecule has 0 unspecified atom stereocenters. The molecular weight excluding hydrogens is 242 g/mol. The Bertz CT molecular complexity index is 444. The molecule has 1 aromatic rings. The van der Waals surface area contributed by atoms with E-state index in [0.29, 0.717) is 29.5 Å². The number of anilines is 1. The van der Waals surface area contributed by atoms with Crippen molar-refractivity contribution >= 4 is 23.4 Å². The number of aryl methyl sites for hydroxylation is 1. The maximum atomic E-state index is 11.4. The van der Waals surface area contributed by atoms with Gasteiger partial charge >= 0.3 is 5.97 Å². The second-order valence-electron chi connectivity index (χ2n) is 4.33. The number of halogens is 1. The van der Waals surface area contributed by atoms with Crippen LogP contribution in [0.1, 0.15) is 31.5 Å². The summed E-state index contributed by atoms with van der Waals surface area (Å²) in [6.45, 7) is 1.74. The molecule has 1 aliphatic carbocycles. The first kappa shape index (κ1) is 12.1. The summed E-state index contributed by atoms with van der Waals surface area (Å²) < 4.78 is 0. The third-order valence-electron chi connectivity index (χ3n) is 3.09. The number of nitrogens with one attached hydrogen (secondary N) is 1. The predicted molar refractivity (Wildman–Crippen MR) is 64.2 cm³/mol. The van der Waals surface area contributed by atoms with Crippen LogP contribution in [0, 0.1) is 6.92 Å². The third-order valence-corrected chi connectivity index (χ3v) is 3.37. The Morgan fingerprint density at radius 2 is 2.18 bits per heavy atom. The molecule has 0 atom stereocenters. The van der Waals surface area contributed by atoms with Gasteiger partial charge in [-0.15, -0.1) is 0 Å². The normalized spacial score (nSPS) is 18.0. The van der Waals surface area contributed by atoms with E-state index in [9.17, 15) is 9.90 Å². The fourth-order valence-corrected chi connectivity index (χ4v) is 2.28. The molecule has 2 N–H and O–H groups in total. The molecule has 1 heterocycles. The van der Waals surface area contributed by atoms with Crippen molar-refractivity contribution in [2.24, 2.45) is 0 Å². The van der Waals surface area contributed by atoms with Crippen LogP contribution < -0.4 is 5.32 Å². The van der Waals surface area contributed by atoms with Crippen LogP contribution >= 0.6 is 11.6 Å². The van der Waals surface area contributed by atoms with E-state index in [-0.39, 0.29) is 0 Å². The van der Waals surface area contributed by atoms with Crippen molar-refractivity contribution in [3.05, 3.63) is 17.0 Å². The van der Waals surface area contributed by atoms with E-state index >= 15 is 0 Å². The molecule has 0 radical (unpaired) electrons. The Morgan fingerprint density at radius 3 is 2.76 bits per heavy atom. The predicted octanol–water partition coefficient (Wildman–Crippen LogP) is 2.25. The maximum Gasteiger partial charge on any atom is 0.329 e. The fourth-order valence-electron chi connectivity index (χ4n) is 2.14. The molecule has 0 amide bonds. The summed E-state index contributed by atoms with van der Waals surface area (Å²) in [7, 11) is 0. The minimum atomic E-state index is -0.926. The Kier molecular flexibility index (Phi) is 3.19. The van der Waals surface area contributed by atoms with Crippen molar-refractivity contribution < 1.29 is 9.90 Å². The van der Waals surface area contributed by atoms with Crippen LogP contribution in [-0.4, -0.2) is 26.6 Å². The second-order valence-corrected chi connectivity index (χ2v) is 4.74. The van der Waals surface area contributed by atoms with E-state index in [1.807, 2.05) is 0 Å². The highest BCUT2D eigenvalue weighted by Crippen LogP contribution is 2.34. The van der Waals surface area contributed by atoms with Crippen molar-refractivity contribution in [3.63, 3.8) is 0 Å². The van der Waals surface area contributed by atoms with Gasteiger partial charge in [0.15, 0.2) is 0 Å².